The maximum atomic E-state index is 11.8. The predicted molar refractivity (Wildman–Crippen MR) is 158 cm³/mol. The Labute approximate surface area is 243 Å². The van der Waals surface area contributed by atoms with Crippen LogP contribution in [0.1, 0.15) is 145 Å². The van der Waals surface area contributed by atoms with E-state index < -0.39 is 23.9 Å². The van der Waals surface area contributed by atoms with Gasteiger partial charge in [-0.1, -0.05) is 106 Å². The van der Waals surface area contributed by atoms with Gasteiger partial charge in [-0.25, -0.2) is 38.7 Å². The van der Waals surface area contributed by atoms with E-state index in [2.05, 4.69) is 23.6 Å². The smallest absolute Gasteiger partial charge is 0.247 e. The monoisotopic (exact) mass is 568 g/mol. The average Bonchev–Trinajstić information content (AvgIpc) is 2.96. The molecule has 0 aromatic rings. The molecule has 0 bridgehead atoms. The van der Waals surface area contributed by atoms with Gasteiger partial charge in [-0.3, -0.25) is 0 Å². The first kappa shape index (κ1) is 39.5. The number of hydrogen-bond acceptors (Lipinski definition) is 8. The highest BCUT2D eigenvalue weighted by atomic mass is 17.2. The van der Waals surface area contributed by atoms with Crippen molar-refractivity contribution in [2.24, 2.45) is 11.8 Å². The highest BCUT2D eigenvalue weighted by Crippen LogP contribution is 2.17. The van der Waals surface area contributed by atoms with Gasteiger partial charge in [0.05, 0.1) is 11.8 Å². The standard InChI is InChI=1S/C16H30O4.C16H26O4/c2*1-5-9-11-13(7-3)15(17)19-20-16(18)14(8-4)12-10-6-2/h13-14H,5-12H2,1-4H3;11-12H,5-10H2,1-4H3. The van der Waals surface area contributed by atoms with E-state index >= 15 is 0 Å². The fourth-order valence-electron chi connectivity index (χ4n) is 3.66. The van der Waals surface area contributed by atoms with Crippen LogP contribution in [0.2, 0.25) is 0 Å². The van der Waals surface area contributed by atoms with E-state index in [0.29, 0.717) is 36.8 Å². The normalized spacial score (nSPS) is 12.9. The second-order valence-electron chi connectivity index (χ2n) is 9.78. The van der Waals surface area contributed by atoms with Crippen molar-refractivity contribution in [3.05, 3.63) is 23.3 Å². The summed E-state index contributed by atoms with van der Waals surface area (Å²) in [4.78, 5) is 65.8. The summed E-state index contributed by atoms with van der Waals surface area (Å²) in [5.41, 5.74) is 1.07. The average molecular weight is 569 g/mol. The van der Waals surface area contributed by atoms with Gasteiger partial charge < -0.3 is 0 Å². The lowest BCUT2D eigenvalue weighted by molar-refractivity contribution is -0.265. The van der Waals surface area contributed by atoms with Gasteiger partial charge in [0.25, 0.3) is 0 Å². The van der Waals surface area contributed by atoms with Crippen LogP contribution in [-0.2, 0) is 38.7 Å². The third kappa shape index (κ3) is 18.6. The van der Waals surface area contributed by atoms with E-state index in [1.165, 1.54) is 0 Å². The summed E-state index contributed by atoms with van der Waals surface area (Å²) in [6, 6.07) is 0. The number of rotatable bonds is 18. The molecule has 8 nitrogen and oxygen atoms in total. The molecule has 2 atom stereocenters. The second kappa shape index (κ2) is 26.6. The van der Waals surface area contributed by atoms with Crippen LogP contribution in [0.25, 0.3) is 0 Å². The summed E-state index contributed by atoms with van der Waals surface area (Å²) < 4.78 is 0. The Morgan fingerprint density at radius 3 is 1.12 bits per heavy atom. The van der Waals surface area contributed by atoms with Crippen molar-refractivity contribution in [1.82, 2.24) is 0 Å². The van der Waals surface area contributed by atoms with Crippen LogP contribution in [0.4, 0.5) is 0 Å². The topological polar surface area (TPSA) is 105 Å². The molecule has 232 valence electrons. The van der Waals surface area contributed by atoms with Crippen LogP contribution >= 0.6 is 0 Å². The molecular formula is C32H56O8. The summed E-state index contributed by atoms with van der Waals surface area (Å²) >= 11 is 0. The van der Waals surface area contributed by atoms with Gasteiger partial charge in [-0.2, -0.15) is 0 Å². The molecule has 0 aromatic heterocycles. The summed E-state index contributed by atoms with van der Waals surface area (Å²) in [7, 11) is 0. The number of carbonyl (C=O) groups excluding carboxylic acids is 4. The molecule has 0 amide bonds. The van der Waals surface area contributed by atoms with Crippen LogP contribution in [0.5, 0.6) is 0 Å². The molecule has 2 unspecified atom stereocenters. The zero-order chi connectivity index (χ0) is 30.8. The van der Waals surface area contributed by atoms with E-state index in [1.54, 1.807) is 0 Å². The zero-order valence-corrected chi connectivity index (χ0v) is 26.5. The lowest BCUT2D eigenvalue weighted by atomic mass is 10.00. The molecule has 0 rings (SSSR count). The molecule has 0 saturated heterocycles. The fraction of sp³-hybridized carbons (Fsp3) is 0.750. The third-order valence-electron chi connectivity index (χ3n) is 6.51. The van der Waals surface area contributed by atoms with Gasteiger partial charge in [0, 0.05) is 11.1 Å². The number of carbonyl (C=O) groups is 4. The lowest BCUT2D eigenvalue weighted by Gasteiger charge is -2.14. The van der Waals surface area contributed by atoms with E-state index in [4.69, 9.17) is 9.78 Å². The lowest BCUT2D eigenvalue weighted by Crippen LogP contribution is -2.23. The molecule has 8 heteroatoms. The zero-order valence-electron chi connectivity index (χ0n) is 26.5. The summed E-state index contributed by atoms with van der Waals surface area (Å²) in [6.45, 7) is 15.8. The molecule has 0 aromatic carbocycles. The summed E-state index contributed by atoms with van der Waals surface area (Å²) in [5.74, 6) is -2.34. The highest BCUT2D eigenvalue weighted by molar-refractivity contribution is 5.91. The van der Waals surface area contributed by atoms with Gasteiger partial charge >= 0.3 is 23.9 Å². The molecular weight excluding hydrogens is 512 g/mol. The van der Waals surface area contributed by atoms with Crippen LogP contribution in [0.15, 0.2) is 23.3 Å². The Hall–Kier alpha value is -2.64. The first-order chi connectivity index (χ1) is 19.2. The largest absolute Gasteiger partial charge is 0.382 e. The van der Waals surface area contributed by atoms with Gasteiger partial charge in [-0.05, 0) is 51.4 Å². The molecule has 0 spiro atoms. The Morgan fingerprint density at radius 1 is 0.525 bits per heavy atom. The minimum absolute atomic E-state index is 0.168. The van der Waals surface area contributed by atoms with Crippen LogP contribution in [-0.4, -0.2) is 23.9 Å². The van der Waals surface area contributed by atoms with Crippen molar-refractivity contribution >= 4 is 23.9 Å². The van der Waals surface area contributed by atoms with Crippen LogP contribution < -0.4 is 0 Å². The highest BCUT2D eigenvalue weighted by Gasteiger charge is 2.24. The first-order valence-electron chi connectivity index (χ1n) is 15.4. The fourth-order valence-corrected chi connectivity index (χ4v) is 3.66. The number of allylic oxidation sites excluding steroid dienone is 2. The molecule has 0 N–H and O–H groups in total. The Kier molecular flexibility index (Phi) is 26.2. The Balaban J connectivity index is 0. The quantitative estimate of drug-likeness (QED) is 0.0918. The molecule has 0 aliphatic heterocycles. The second-order valence-corrected chi connectivity index (χ2v) is 9.78. The minimum atomic E-state index is -0.583. The van der Waals surface area contributed by atoms with Crippen molar-refractivity contribution < 1.29 is 38.7 Å². The summed E-state index contributed by atoms with van der Waals surface area (Å²) in [6.07, 6.45) is 15.3. The first-order valence-corrected chi connectivity index (χ1v) is 15.4. The van der Waals surface area contributed by atoms with Gasteiger partial charge in [0.15, 0.2) is 0 Å². The maximum absolute atomic E-state index is 11.8. The van der Waals surface area contributed by atoms with Crippen LogP contribution in [0, 0.1) is 11.8 Å². The van der Waals surface area contributed by atoms with E-state index in [-0.39, 0.29) is 11.8 Å². The van der Waals surface area contributed by atoms with Crippen molar-refractivity contribution in [3.63, 3.8) is 0 Å². The number of unbranched alkanes of at least 4 members (excludes halogenated alkanes) is 4. The van der Waals surface area contributed by atoms with Gasteiger partial charge in [0.1, 0.15) is 0 Å². The van der Waals surface area contributed by atoms with E-state index in [9.17, 15) is 19.2 Å². The van der Waals surface area contributed by atoms with Gasteiger partial charge in [-0.15, -0.1) is 0 Å². The van der Waals surface area contributed by atoms with Crippen LogP contribution in [0.3, 0.4) is 0 Å². The third-order valence-corrected chi connectivity index (χ3v) is 6.51. The maximum Gasteiger partial charge on any atom is 0.382 e. The molecule has 0 saturated carbocycles. The Bertz CT molecular complexity index is 705. The van der Waals surface area contributed by atoms with Crippen molar-refractivity contribution in [2.45, 2.75) is 145 Å². The SMILES string of the molecule is CCCC=C(CC)C(=O)OOC(=O)C(=CCCC)CC.CCCCC(CC)C(=O)OOC(=O)C(CC)CCCC. The van der Waals surface area contributed by atoms with Crippen molar-refractivity contribution in [3.8, 4) is 0 Å². The molecule has 40 heavy (non-hydrogen) atoms. The predicted octanol–water partition coefficient (Wildman–Crippen LogP) is 8.68. The minimum Gasteiger partial charge on any atom is -0.247 e. The van der Waals surface area contributed by atoms with Gasteiger partial charge in [0.2, 0.25) is 0 Å². The number of hydrogen-bond donors (Lipinski definition) is 0. The molecule has 0 heterocycles. The molecule has 0 fully saturated rings. The van der Waals surface area contributed by atoms with E-state index in [0.717, 1.165) is 64.2 Å². The molecule has 0 radical (unpaired) electrons. The van der Waals surface area contributed by atoms with Crippen molar-refractivity contribution in [1.29, 1.82) is 0 Å². The van der Waals surface area contributed by atoms with E-state index in [1.807, 2.05) is 53.7 Å². The summed E-state index contributed by atoms with van der Waals surface area (Å²) in [5, 5.41) is 0. The molecule has 0 aliphatic rings. The molecule has 0 aliphatic carbocycles. The van der Waals surface area contributed by atoms with Crippen molar-refractivity contribution in [2.75, 3.05) is 0 Å². The Morgan fingerprint density at radius 2 is 0.875 bits per heavy atom.